The van der Waals surface area contributed by atoms with Crippen LogP contribution in [-0.4, -0.2) is 25.8 Å². The molecule has 2 heterocycles. The number of carbonyl (C=O) groups is 1. The fraction of sp³-hybridized carbons (Fsp3) is 0.294. The number of H-pyrrole nitrogens is 1. The molecule has 0 fully saturated rings. The van der Waals surface area contributed by atoms with Gasteiger partial charge in [-0.15, -0.1) is 0 Å². The Morgan fingerprint density at radius 3 is 2.83 bits per heavy atom. The van der Waals surface area contributed by atoms with Crippen molar-refractivity contribution < 1.29 is 4.79 Å². The normalized spacial score (nSPS) is 11.0. The third-order valence-electron chi connectivity index (χ3n) is 4.12. The quantitative estimate of drug-likeness (QED) is 0.715. The maximum atomic E-state index is 12.5. The highest BCUT2D eigenvalue weighted by Crippen LogP contribution is 2.22. The maximum absolute atomic E-state index is 12.5. The lowest BCUT2D eigenvalue weighted by molar-refractivity contribution is -0.116. The number of hydrogen-bond donors (Lipinski definition) is 2. The van der Waals surface area contributed by atoms with Crippen molar-refractivity contribution >= 4 is 29.0 Å². The van der Waals surface area contributed by atoms with E-state index in [1.807, 2.05) is 45.0 Å². The van der Waals surface area contributed by atoms with Gasteiger partial charge in [0.15, 0.2) is 5.82 Å². The van der Waals surface area contributed by atoms with E-state index in [4.69, 9.17) is 12.2 Å². The number of hydrogen-bond acceptors (Lipinski definition) is 4. The molecule has 6 nitrogen and oxygen atoms in total. The van der Waals surface area contributed by atoms with Crippen molar-refractivity contribution in [2.75, 3.05) is 5.43 Å². The number of rotatable bonds is 4. The van der Waals surface area contributed by atoms with Gasteiger partial charge in [-0.05, 0) is 43.3 Å². The lowest BCUT2D eigenvalue weighted by Crippen LogP contribution is -2.27. The van der Waals surface area contributed by atoms with E-state index in [2.05, 4.69) is 20.6 Å². The monoisotopic (exact) mass is 341 g/mol. The number of aromatic nitrogens is 4. The summed E-state index contributed by atoms with van der Waals surface area (Å²) in [5, 5.41) is 7.85. The number of pyridine rings is 1. The Kier molecular flexibility index (Phi) is 4.44. The second kappa shape index (κ2) is 6.52. The molecule has 24 heavy (non-hydrogen) atoms. The van der Waals surface area contributed by atoms with Crippen molar-refractivity contribution in [1.82, 2.24) is 19.9 Å². The molecule has 0 atom stereocenters. The van der Waals surface area contributed by atoms with E-state index in [1.54, 1.807) is 0 Å². The summed E-state index contributed by atoms with van der Waals surface area (Å²) < 4.78 is 1.90. The molecular formula is C17H19N5OS. The fourth-order valence-corrected chi connectivity index (χ4v) is 3.03. The number of benzene rings is 1. The van der Waals surface area contributed by atoms with Gasteiger partial charge < -0.3 is 0 Å². The average Bonchev–Trinajstić information content (AvgIpc) is 2.91. The topological polar surface area (TPSA) is 75.6 Å². The molecule has 0 spiro atoms. The fourth-order valence-electron chi connectivity index (χ4n) is 2.84. The lowest BCUT2D eigenvalue weighted by Gasteiger charge is -2.13. The van der Waals surface area contributed by atoms with Gasteiger partial charge in [0.1, 0.15) is 0 Å². The molecule has 2 aromatic heterocycles. The van der Waals surface area contributed by atoms with Gasteiger partial charge in [-0.25, -0.2) is 4.68 Å². The van der Waals surface area contributed by atoms with Gasteiger partial charge in [0.2, 0.25) is 10.7 Å². The predicted molar refractivity (Wildman–Crippen MR) is 96.1 cm³/mol. The predicted octanol–water partition coefficient (Wildman–Crippen LogP) is 2.98. The molecule has 0 unspecified atom stereocenters. The minimum atomic E-state index is -0.148. The van der Waals surface area contributed by atoms with Crippen LogP contribution >= 0.6 is 12.2 Å². The summed E-state index contributed by atoms with van der Waals surface area (Å²) in [6.07, 6.45) is 0.911. The molecule has 0 saturated heterocycles. The van der Waals surface area contributed by atoms with Gasteiger partial charge in [0.05, 0.1) is 11.9 Å². The summed E-state index contributed by atoms with van der Waals surface area (Å²) in [6.45, 7) is 5.92. The van der Waals surface area contributed by atoms with E-state index in [0.29, 0.717) is 17.0 Å². The number of nitrogens with one attached hydrogen (secondary N) is 2. The zero-order chi connectivity index (χ0) is 17.3. The summed E-state index contributed by atoms with van der Waals surface area (Å²) in [4.78, 5) is 17.1. The minimum absolute atomic E-state index is 0.148. The number of carbonyl (C=O) groups excluding carboxylic acids is 1. The van der Waals surface area contributed by atoms with Crippen LogP contribution in [0.4, 0.5) is 0 Å². The first kappa shape index (κ1) is 16.3. The SMILES string of the molecule is CCc1n[nH]c(=S)n1NC(=O)Cc1c(C)nc2ccccc2c1C. The van der Waals surface area contributed by atoms with E-state index in [0.717, 1.165) is 27.7 Å². The second-order valence-corrected chi connectivity index (χ2v) is 6.05. The summed E-state index contributed by atoms with van der Waals surface area (Å²) >= 11 is 5.15. The van der Waals surface area contributed by atoms with E-state index in [-0.39, 0.29) is 12.3 Å². The third-order valence-corrected chi connectivity index (χ3v) is 4.39. The van der Waals surface area contributed by atoms with E-state index < -0.39 is 0 Å². The average molecular weight is 341 g/mol. The van der Waals surface area contributed by atoms with Gasteiger partial charge in [0, 0.05) is 17.5 Å². The number of para-hydroxylation sites is 1. The van der Waals surface area contributed by atoms with Gasteiger partial charge in [-0.3, -0.25) is 20.3 Å². The summed E-state index contributed by atoms with van der Waals surface area (Å²) in [7, 11) is 0. The molecule has 0 aliphatic rings. The number of aromatic amines is 1. The highest BCUT2D eigenvalue weighted by atomic mass is 32.1. The van der Waals surface area contributed by atoms with Gasteiger partial charge in [-0.2, -0.15) is 5.10 Å². The maximum Gasteiger partial charge on any atom is 0.243 e. The van der Waals surface area contributed by atoms with Crippen molar-refractivity contribution in [3.63, 3.8) is 0 Å². The third kappa shape index (κ3) is 2.94. The first-order valence-corrected chi connectivity index (χ1v) is 8.23. The van der Waals surface area contributed by atoms with Crippen LogP contribution in [0.2, 0.25) is 0 Å². The molecule has 3 rings (SSSR count). The molecule has 1 aromatic carbocycles. The largest absolute Gasteiger partial charge is 0.273 e. The molecule has 124 valence electrons. The Morgan fingerprint density at radius 2 is 2.08 bits per heavy atom. The van der Waals surface area contributed by atoms with Gasteiger partial charge >= 0.3 is 0 Å². The molecule has 0 bridgehead atoms. The minimum Gasteiger partial charge on any atom is -0.273 e. The van der Waals surface area contributed by atoms with Gasteiger partial charge in [0.25, 0.3) is 0 Å². The summed E-state index contributed by atoms with van der Waals surface area (Å²) in [5.74, 6) is 0.545. The lowest BCUT2D eigenvalue weighted by atomic mass is 9.99. The standard InChI is InChI=1S/C17H19N5OS/c1-4-15-19-20-17(24)22(15)21-16(23)9-13-10(2)12-7-5-6-8-14(12)18-11(13)3/h5-8H,4,9H2,1-3H3,(H,20,24)(H,21,23). The molecule has 1 amide bonds. The van der Waals surface area contributed by atoms with Crippen molar-refractivity contribution in [2.45, 2.75) is 33.6 Å². The van der Waals surface area contributed by atoms with Crippen LogP contribution < -0.4 is 5.43 Å². The highest BCUT2D eigenvalue weighted by molar-refractivity contribution is 7.71. The smallest absolute Gasteiger partial charge is 0.243 e. The zero-order valence-electron chi connectivity index (χ0n) is 13.9. The molecule has 7 heteroatoms. The van der Waals surface area contributed by atoms with Crippen LogP contribution in [0.1, 0.15) is 29.6 Å². The molecule has 0 aliphatic carbocycles. The Balaban J connectivity index is 1.91. The Morgan fingerprint density at radius 1 is 1.33 bits per heavy atom. The van der Waals surface area contributed by atoms with E-state index in [1.165, 1.54) is 4.68 Å². The molecule has 3 aromatic rings. The Labute approximate surface area is 144 Å². The van der Waals surface area contributed by atoms with Gasteiger partial charge in [-0.1, -0.05) is 25.1 Å². The number of fused-ring (bicyclic) bond motifs is 1. The molecule has 0 saturated carbocycles. The van der Waals surface area contributed by atoms with Crippen LogP contribution in [0.5, 0.6) is 0 Å². The van der Waals surface area contributed by atoms with E-state index in [9.17, 15) is 4.79 Å². The van der Waals surface area contributed by atoms with Crippen molar-refractivity contribution in [3.8, 4) is 0 Å². The summed E-state index contributed by atoms with van der Waals surface area (Å²) in [6, 6.07) is 7.96. The molecule has 0 radical (unpaired) electrons. The second-order valence-electron chi connectivity index (χ2n) is 5.66. The van der Waals surface area contributed by atoms with Crippen molar-refractivity contribution in [2.24, 2.45) is 0 Å². The van der Waals surface area contributed by atoms with Crippen LogP contribution in [0, 0.1) is 18.6 Å². The summed E-state index contributed by atoms with van der Waals surface area (Å²) in [5.41, 5.74) is 6.65. The Hall–Kier alpha value is -2.54. The highest BCUT2D eigenvalue weighted by Gasteiger charge is 2.14. The van der Waals surface area contributed by atoms with Crippen molar-refractivity contribution in [1.29, 1.82) is 0 Å². The first-order chi connectivity index (χ1) is 11.5. The Bertz CT molecular complexity index is 973. The van der Waals surface area contributed by atoms with Crippen molar-refractivity contribution in [3.05, 3.63) is 51.7 Å². The molecular weight excluding hydrogens is 322 g/mol. The van der Waals surface area contributed by atoms with Crippen LogP contribution in [0.25, 0.3) is 10.9 Å². The molecule has 0 aliphatic heterocycles. The number of amides is 1. The zero-order valence-corrected chi connectivity index (χ0v) is 14.7. The first-order valence-electron chi connectivity index (χ1n) is 7.82. The van der Waals surface area contributed by atoms with Crippen LogP contribution in [-0.2, 0) is 17.6 Å². The van der Waals surface area contributed by atoms with Crippen LogP contribution in [0.15, 0.2) is 24.3 Å². The van der Waals surface area contributed by atoms with Crippen LogP contribution in [0.3, 0.4) is 0 Å². The number of nitrogens with zero attached hydrogens (tertiary/aromatic N) is 3. The number of aryl methyl sites for hydroxylation is 3. The van der Waals surface area contributed by atoms with E-state index >= 15 is 0 Å². The molecule has 2 N–H and O–H groups in total.